The zero-order valence-electron chi connectivity index (χ0n) is 21.3. The summed E-state index contributed by atoms with van der Waals surface area (Å²) in [6, 6.07) is 10.1. The minimum Gasteiger partial charge on any atom is -0.450 e. The Balaban J connectivity index is 1.52. The summed E-state index contributed by atoms with van der Waals surface area (Å²) in [6.07, 6.45) is 3.89. The van der Waals surface area contributed by atoms with Gasteiger partial charge in [0.05, 0.1) is 11.5 Å². The summed E-state index contributed by atoms with van der Waals surface area (Å²) in [5.74, 6) is 0.789. The van der Waals surface area contributed by atoms with Gasteiger partial charge >= 0.3 is 6.09 Å². The summed E-state index contributed by atoms with van der Waals surface area (Å²) >= 11 is 0. The van der Waals surface area contributed by atoms with Gasteiger partial charge in [-0.15, -0.1) is 0 Å². The van der Waals surface area contributed by atoms with E-state index in [-0.39, 0.29) is 29.0 Å². The average molecular weight is 516 g/mol. The van der Waals surface area contributed by atoms with Gasteiger partial charge in [0.25, 0.3) is 5.91 Å². The van der Waals surface area contributed by atoms with Crippen molar-refractivity contribution in [2.45, 2.75) is 69.9 Å². The molecule has 2 aromatic rings. The number of likely N-dealkylation sites (tertiary alicyclic amines) is 1. The number of sulfonamides is 1. The molecule has 4 rings (SSSR count). The molecular formula is C27H37N3O5S. The SMILES string of the molecule is CCOC(=O)N1CCC(NS(=O)(=O)c2cccc3c(C(=O)NC4CCCC(C)C4C)cccc23)CC1. The Morgan fingerprint density at radius 1 is 1.00 bits per heavy atom. The molecule has 3 unspecified atom stereocenters. The number of ether oxygens (including phenoxy) is 1. The average Bonchev–Trinajstić information content (AvgIpc) is 2.86. The van der Waals surface area contributed by atoms with E-state index in [1.165, 1.54) is 6.42 Å². The van der Waals surface area contributed by atoms with E-state index >= 15 is 0 Å². The minimum atomic E-state index is -3.84. The Labute approximate surface area is 213 Å². The van der Waals surface area contributed by atoms with Crippen LogP contribution in [0.15, 0.2) is 41.3 Å². The lowest BCUT2D eigenvalue weighted by Crippen LogP contribution is -2.46. The molecule has 3 atom stereocenters. The molecule has 0 aromatic heterocycles. The lowest BCUT2D eigenvalue weighted by molar-refractivity contribution is 0.0891. The Morgan fingerprint density at radius 2 is 1.69 bits per heavy atom. The summed E-state index contributed by atoms with van der Waals surface area (Å²) in [5, 5.41) is 4.34. The van der Waals surface area contributed by atoms with Crippen LogP contribution in [0.4, 0.5) is 4.79 Å². The van der Waals surface area contributed by atoms with Crippen LogP contribution in [0.3, 0.4) is 0 Å². The van der Waals surface area contributed by atoms with Crippen molar-refractivity contribution >= 4 is 32.8 Å². The van der Waals surface area contributed by atoms with Gasteiger partial charge in [-0.1, -0.05) is 51.0 Å². The van der Waals surface area contributed by atoms with Crippen molar-refractivity contribution in [3.8, 4) is 0 Å². The highest BCUT2D eigenvalue weighted by Gasteiger charge is 2.30. The number of nitrogens with zero attached hydrogens (tertiary/aromatic N) is 1. The number of carbonyl (C=O) groups excluding carboxylic acids is 2. The standard InChI is InChI=1S/C27H37N3O5S/c1-4-35-27(32)30-16-14-20(15-17-30)29-36(33,34)25-13-7-9-21-22(25)10-6-11-23(21)26(31)28-24-12-5-8-18(2)19(24)3/h6-7,9-11,13,18-20,24,29H,4-5,8,12,14-17H2,1-3H3,(H,28,31). The van der Waals surface area contributed by atoms with Crippen LogP contribution in [0.25, 0.3) is 10.8 Å². The van der Waals surface area contributed by atoms with Gasteiger partial charge in [-0.05, 0) is 55.5 Å². The molecule has 2 aromatic carbocycles. The monoisotopic (exact) mass is 515 g/mol. The fraction of sp³-hybridized carbons (Fsp3) is 0.556. The number of fused-ring (bicyclic) bond motifs is 1. The highest BCUT2D eigenvalue weighted by Crippen LogP contribution is 2.31. The van der Waals surface area contributed by atoms with Gasteiger partial charge < -0.3 is 15.0 Å². The summed E-state index contributed by atoms with van der Waals surface area (Å²) in [5.41, 5.74) is 0.484. The number of rotatable bonds is 6. The molecule has 1 heterocycles. The second kappa shape index (κ2) is 11.2. The van der Waals surface area contributed by atoms with E-state index in [4.69, 9.17) is 4.74 Å². The van der Waals surface area contributed by atoms with Crippen molar-refractivity contribution in [1.29, 1.82) is 0 Å². The van der Waals surface area contributed by atoms with E-state index in [1.54, 1.807) is 48.2 Å². The predicted molar refractivity (Wildman–Crippen MR) is 139 cm³/mol. The van der Waals surface area contributed by atoms with Crippen molar-refractivity contribution in [3.05, 3.63) is 42.0 Å². The molecule has 1 aliphatic carbocycles. The quantitative estimate of drug-likeness (QED) is 0.597. The van der Waals surface area contributed by atoms with Crippen LogP contribution in [0.1, 0.15) is 63.2 Å². The normalized spacial score (nSPS) is 23.4. The van der Waals surface area contributed by atoms with Crippen molar-refractivity contribution < 1.29 is 22.7 Å². The minimum absolute atomic E-state index is 0.116. The molecule has 196 valence electrons. The van der Waals surface area contributed by atoms with E-state index in [0.29, 0.717) is 60.7 Å². The smallest absolute Gasteiger partial charge is 0.409 e. The highest BCUT2D eigenvalue weighted by atomic mass is 32.2. The van der Waals surface area contributed by atoms with Gasteiger partial charge in [-0.3, -0.25) is 4.79 Å². The number of piperidine rings is 1. The van der Waals surface area contributed by atoms with Crippen LogP contribution >= 0.6 is 0 Å². The molecule has 2 fully saturated rings. The molecule has 0 radical (unpaired) electrons. The maximum absolute atomic E-state index is 13.4. The van der Waals surface area contributed by atoms with Gasteiger partial charge in [-0.25, -0.2) is 17.9 Å². The first-order valence-corrected chi connectivity index (χ1v) is 14.5. The van der Waals surface area contributed by atoms with Crippen LogP contribution in [0.5, 0.6) is 0 Å². The number of hydrogen-bond donors (Lipinski definition) is 2. The number of benzene rings is 2. The number of hydrogen-bond acceptors (Lipinski definition) is 5. The molecule has 2 amide bonds. The van der Waals surface area contributed by atoms with Crippen LogP contribution in [-0.2, 0) is 14.8 Å². The molecule has 1 saturated heterocycles. The summed E-state index contributed by atoms with van der Waals surface area (Å²) < 4.78 is 34.6. The zero-order chi connectivity index (χ0) is 25.9. The number of carbonyl (C=O) groups is 2. The van der Waals surface area contributed by atoms with E-state index in [9.17, 15) is 18.0 Å². The van der Waals surface area contributed by atoms with Crippen LogP contribution in [0, 0.1) is 11.8 Å². The highest BCUT2D eigenvalue weighted by molar-refractivity contribution is 7.89. The van der Waals surface area contributed by atoms with E-state index in [2.05, 4.69) is 23.9 Å². The van der Waals surface area contributed by atoms with Crippen molar-refractivity contribution in [1.82, 2.24) is 14.9 Å². The fourth-order valence-electron chi connectivity index (χ4n) is 5.42. The third-order valence-electron chi connectivity index (χ3n) is 7.78. The Hall–Kier alpha value is -2.65. The second-order valence-electron chi connectivity index (χ2n) is 10.1. The summed E-state index contributed by atoms with van der Waals surface area (Å²) in [4.78, 5) is 27.0. The third-order valence-corrected chi connectivity index (χ3v) is 9.36. The van der Waals surface area contributed by atoms with Crippen molar-refractivity contribution in [3.63, 3.8) is 0 Å². The maximum atomic E-state index is 13.4. The summed E-state index contributed by atoms with van der Waals surface area (Å²) in [7, 11) is -3.84. The molecule has 9 heteroatoms. The van der Waals surface area contributed by atoms with Crippen LogP contribution < -0.4 is 10.0 Å². The molecule has 1 saturated carbocycles. The van der Waals surface area contributed by atoms with E-state index in [1.807, 2.05) is 0 Å². The number of nitrogens with one attached hydrogen (secondary N) is 2. The molecule has 2 N–H and O–H groups in total. The Bertz CT molecular complexity index is 1210. The first kappa shape index (κ1) is 26.4. The number of amides is 2. The molecule has 1 aliphatic heterocycles. The van der Waals surface area contributed by atoms with Crippen molar-refractivity contribution in [2.24, 2.45) is 11.8 Å². The first-order chi connectivity index (χ1) is 17.2. The zero-order valence-corrected chi connectivity index (χ0v) is 22.1. The Morgan fingerprint density at radius 3 is 2.42 bits per heavy atom. The molecular weight excluding hydrogens is 478 g/mol. The fourth-order valence-corrected chi connectivity index (χ4v) is 6.95. The molecule has 8 nitrogen and oxygen atoms in total. The maximum Gasteiger partial charge on any atom is 0.409 e. The van der Waals surface area contributed by atoms with Gasteiger partial charge in [0.2, 0.25) is 10.0 Å². The van der Waals surface area contributed by atoms with Crippen LogP contribution in [-0.4, -0.2) is 57.1 Å². The first-order valence-electron chi connectivity index (χ1n) is 13.0. The third kappa shape index (κ3) is 5.67. The molecule has 2 aliphatic rings. The van der Waals surface area contributed by atoms with Gasteiger partial charge in [0.15, 0.2) is 0 Å². The largest absolute Gasteiger partial charge is 0.450 e. The molecule has 0 spiro atoms. The van der Waals surface area contributed by atoms with Gasteiger partial charge in [0.1, 0.15) is 0 Å². The lowest BCUT2D eigenvalue weighted by Gasteiger charge is -2.34. The van der Waals surface area contributed by atoms with E-state index in [0.717, 1.165) is 12.8 Å². The second-order valence-corrected chi connectivity index (χ2v) is 11.8. The summed E-state index contributed by atoms with van der Waals surface area (Å²) in [6.45, 7) is 7.35. The molecule has 0 bridgehead atoms. The predicted octanol–water partition coefficient (Wildman–Crippen LogP) is 4.29. The van der Waals surface area contributed by atoms with Crippen LogP contribution in [0.2, 0.25) is 0 Å². The van der Waals surface area contributed by atoms with Crippen molar-refractivity contribution in [2.75, 3.05) is 19.7 Å². The Kier molecular flexibility index (Phi) is 8.20. The van der Waals surface area contributed by atoms with E-state index < -0.39 is 10.0 Å². The lowest BCUT2D eigenvalue weighted by atomic mass is 9.78. The van der Waals surface area contributed by atoms with Gasteiger partial charge in [0, 0.05) is 36.1 Å². The molecule has 36 heavy (non-hydrogen) atoms. The topological polar surface area (TPSA) is 105 Å². The van der Waals surface area contributed by atoms with Gasteiger partial charge in [-0.2, -0.15) is 0 Å².